The van der Waals surface area contributed by atoms with Crippen molar-refractivity contribution in [3.05, 3.63) is 0 Å². The minimum Gasteiger partial charge on any atom is -0.481 e. The summed E-state index contributed by atoms with van der Waals surface area (Å²) in [4.78, 5) is 10.8. The molecule has 0 aromatic rings. The topological polar surface area (TPSA) is 37.3 Å². The van der Waals surface area contributed by atoms with Gasteiger partial charge in [-0.3, -0.25) is 4.79 Å². The molecule has 0 aliphatic carbocycles. The molecule has 1 aliphatic rings. The third kappa shape index (κ3) is 1.89. The number of carboxylic acid groups (broad SMARTS) is 1. The Bertz CT molecular complexity index is 152. The first-order valence-electron chi connectivity index (χ1n) is 3.93. The monoisotopic (exact) mass is 174 g/mol. The molecule has 1 heterocycles. The average molecular weight is 174 g/mol. The molecule has 0 spiro atoms. The van der Waals surface area contributed by atoms with Gasteiger partial charge in [-0.15, -0.1) is 0 Å². The SMILES string of the molecule is CC(C)C(C(=O)O)C1CSC1. The average Bonchev–Trinajstić information content (AvgIpc) is 1.75. The molecule has 0 radical (unpaired) electrons. The van der Waals surface area contributed by atoms with Crippen LogP contribution in [0.15, 0.2) is 0 Å². The van der Waals surface area contributed by atoms with E-state index in [4.69, 9.17) is 5.11 Å². The van der Waals surface area contributed by atoms with E-state index in [1.54, 1.807) is 0 Å². The molecular weight excluding hydrogens is 160 g/mol. The zero-order valence-corrected chi connectivity index (χ0v) is 7.73. The zero-order chi connectivity index (χ0) is 8.43. The van der Waals surface area contributed by atoms with Crippen LogP contribution in [-0.2, 0) is 4.79 Å². The Morgan fingerprint density at radius 2 is 2.09 bits per heavy atom. The van der Waals surface area contributed by atoms with Crippen LogP contribution < -0.4 is 0 Å². The normalized spacial score (nSPS) is 21.4. The summed E-state index contributed by atoms with van der Waals surface area (Å²) >= 11 is 1.84. The van der Waals surface area contributed by atoms with Crippen LogP contribution in [0.25, 0.3) is 0 Å². The molecule has 0 bridgehead atoms. The Morgan fingerprint density at radius 3 is 2.18 bits per heavy atom. The third-order valence-electron chi connectivity index (χ3n) is 2.18. The van der Waals surface area contributed by atoms with Gasteiger partial charge in [0, 0.05) is 0 Å². The molecule has 0 saturated carbocycles. The maximum Gasteiger partial charge on any atom is 0.307 e. The lowest BCUT2D eigenvalue weighted by Crippen LogP contribution is -2.36. The molecule has 0 aromatic carbocycles. The van der Waals surface area contributed by atoms with Crippen molar-refractivity contribution in [1.82, 2.24) is 0 Å². The molecule has 0 amide bonds. The van der Waals surface area contributed by atoms with Crippen LogP contribution >= 0.6 is 11.8 Å². The molecule has 1 unspecified atom stereocenters. The zero-order valence-electron chi connectivity index (χ0n) is 6.91. The molecule has 3 heteroatoms. The molecule has 0 aromatic heterocycles. The van der Waals surface area contributed by atoms with Gasteiger partial charge in [0.2, 0.25) is 0 Å². The van der Waals surface area contributed by atoms with Crippen molar-refractivity contribution in [2.75, 3.05) is 11.5 Å². The van der Waals surface area contributed by atoms with Gasteiger partial charge in [0.05, 0.1) is 5.92 Å². The predicted molar refractivity (Wildman–Crippen MR) is 46.8 cm³/mol. The Hall–Kier alpha value is -0.180. The summed E-state index contributed by atoms with van der Waals surface area (Å²) in [5, 5.41) is 8.87. The maximum absolute atomic E-state index is 10.8. The Balaban J connectivity index is 2.51. The molecule has 64 valence electrons. The molecule has 1 fully saturated rings. The smallest absolute Gasteiger partial charge is 0.307 e. The van der Waals surface area contributed by atoms with E-state index in [-0.39, 0.29) is 11.8 Å². The van der Waals surface area contributed by atoms with Crippen LogP contribution in [0.2, 0.25) is 0 Å². The summed E-state index contributed by atoms with van der Waals surface area (Å²) in [5.74, 6) is 2.04. The number of hydrogen-bond acceptors (Lipinski definition) is 2. The van der Waals surface area contributed by atoms with Gasteiger partial charge in [0.25, 0.3) is 0 Å². The van der Waals surface area contributed by atoms with Gasteiger partial charge >= 0.3 is 5.97 Å². The van der Waals surface area contributed by atoms with Crippen LogP contribution in [0, 0.1) is 17.8 Å². The highest BCUT2D eigenvalue weighted by Crippen LogP contribution is 2.35. The second-order valence-electron chi connectivity index (χ2n) is 3.41. The highest BCUT2D eigenvalue weighted by molar-refractivity contribution is 8.00. The number of carbonyl (C=O) groups is 1. The van der Waals surface area contributed by atoms with E-state index < -0.39 is 5.97 Å². The number of hydrogen-bond donors (Lipinski definition) is 1. The third-order valence-corrected chi connectivity index (χ3v) is 3.50. The summed E-state index contributed by atoms with van der Waals surface area (Å²) in [6.45, 7) is 3.98. The molecule has 1 N–H and O–H groups in total. The molecular formula is C8H14O2S. The van der Waals surface area contributed by atoms with Gasteiger partial charge in [-0.25, -0.2) is 0 Å². The fourth-order valence-corrected chi connectivity index (χ4v) is 2.41. The summed E-state index contributed by atoms with van der Waals surface area (Å²) in [7, 11) is 0. The lowest BCUT2D eigenvalue weighted by atomic mass is 9.85. The van der Waals surface area contributed by atoms with E-state index in [1.165, 1.54) is 0 Å². The van der Waals surface area contributed by atoms with Crippen LogP contribution in [0.4, 0.5) is 0 Å². The van der Waals surface area contributed by atoms with E-state index in [1.807, 2.05) is 25.6 Å². The molecule has 1 rings (SSSR count). The fraction of sp³-hybridized carbons (Fsp3) is 0.875. The van der Waals surface area contributed by atoms with Crippen LogP contribution in [0.1, 0.15) is 13.8 Å². The lowest BCUT2D eigenvalue weighted by Gasteiger charge is -2.32. The Morgan fingerprint density at radius 1 is 1.55 bits per heavy atom. The van der Waals surface area contributed by atoms with E-state index >= 15 is 0 Å². The summed E-state index contributed by atoms with van der Waals surface area (Å²) in [5.41, 5.74) is 0. The first kappa shape index (κ1) is 8.91. The number of aliphatic carboxylic acids is 1. The van der Waals surface area contributed by atoms with Gasteiger partial charge in [-0.1, -0.05) is 13.8 Å². The largest absolute Gasteiger partial charge is 0.481 e. The van der Waals surface area contributed by atoms with E-state index in [9.17, 15) is 4.79 Å². The Labute approximate surface area is 71.4 Å². The van der Waals surface area contributed by atoms with Crippen LogP contribution in [0.3, 0.4) is 0 Å². The van der Waals surface area contributed by atoms with Crippen molar-refractivity contribution in [1.29, 1.82) is 0 Å². The molecule has 1 aliphatic heterocycles. The van der Waals surface area contributed by atoms with Gasteiger partial charge in [-0.05, 0) is 23.3 Å². The van der Waals surface area contributed by atoms with Gasteiger partial charge in [-0.2, -0.15) is 11.8 Å². The maximum atomic E-state index is 10.8. The minimum absolute atomic E-state index is 0.115. The summed E-state index contributed by atoms with van der Waals surface area (Å²) < 4.78 is 0. The van der Waals surface area contributed by atoms with E-state index in [0.29, 0.717) is 5.92 Å². The molecule has 1 saturated heterocycles. The van der Waals surface area contributed by atoms with Crippen LogP contribution in [0.5, 0.6) is 0 Å². The highest BCUT2D eigenvalue weighted by atomic mass is 32.2. The number of thioether (sulfide) groups is 1. The van der Waals surface area contributed by atoms with Crippen LogP contribution in [-0.4, -0.2) is 22.6 Å². The number of rotatable bonds is 3. The molecule has 1 atom stereocenters. The lowest BCUT2D eigenvalue weighted by molar-refractivity contribution is -0.145. The van der Waals surface area contributed by atoms with Crippen molar-refractivity contribution >= 4 is 17.7 Å². The second kappa shape index (κ2) is 3.48. The predicted octanol–water partition coefficient (Wildman–Crippen LogP) is 1.71. The van der Waals surface area contributed by atoms with Crippen molar-refractivity contribution < 1.29 is 9.90 Å². The van der Waals surface area contributed by atoms with Gasteiger partial charge < -0.3 is 5.11 Å². The standard InChI is InChI=1S/C8H14O2S/c1-5(2)7(8(9)10)6-3-11-4-6/h5-7H,3-4H2,1-2H3,(H,9,10). The quantitative estimate of drug-likeness (QED) is 0.707. The second-order valence-corrected chi connectivity index (χ2v) is 4.48. The van der Waals surface area contributed by atoms with Crippen molar-refractivity contribution in [3.8, 4) is 0 Å². The first-order valence-corrected chi connectivity index (χ1v) is 5.09. The van der Waals surface area contributed by atoms with Crippen molar-refractivity contribution in [2.24, 2.45) is 17.8 Å². The first-order chi connectivity index (χ1) is 5.13. The van der Waals surface area contributed by atoms with Crippen molar-refractivity contribution in [2.45, 2.75) is 13.8 Å². The van der Waals surface area contributed by atoms with Crippen molar-refractivity contribution in [3.63, 3.8) is 0 Å². The summed E-state index contributed by atoms with van der Waals surface area (Å²) in [6, 6.07) is 0. The van der Waals surface area contributed by atoms with Gasteiger partial charge in [0.15, 0.2) is 0 Å². The molecule has 11 heavy (non-hydrogen) atoms. The molecule has 2 nitrogen and oxygen atoms in total. The number of carboxylic acids is 1. The Kier molecular flexibility index (Phi) is 2.82. The van der Waals surface area contributed by atoms with E-state index in [2.05, 4.69) is 0 Å². The summed E-state index contributed by atoms with van der Waals surface area (Å²) in [6.07, 6.45) is 0. The van der Waals surface area contributed by atoms with Gasteiger partial charge in [0.1, 0.15) is 0 Å². The highest BCUT2D eigenvalue weighted by Gasteiger charge is 2.34. The minimum atomic E-state index is -0.620. The van der Waals surface area contributed by atoms with E-state index in [0.717, 1.165) is 11.5 Å². The fourth-order valence-electron chi connectivity index (χ4n) is 1.49.